The zero-order valence-electron chi connectivity index (χ0n) is 28.7. The fourth-order valence-electron chi connectivity index (χ4n) is 6.03. The maximum Gasteiger partial charge on any atom is -1.00 e. The molecule has 0 saturated carbocycles. The molecule has 0 aliphatic heterocycles. The summed E-state index contributed by atoms with van der Waals surface area (Å²) in [6.07, 6.45) is 0. The van der Waals surface area contributed by atoms with Gasteiger partial charge >= 0.3 is 154 Å². The fourth-order valence-corrected chi connectivity index (χ4v) is 17.5. The van der Waals surface area contributed by atoms with Crippen LogP contribution >= 0.6 is 21.4 Å². The molecule has 10 heteroatoms. The molecule has 0 bridgehead atoms. The molecule has 0 heterocycles. The first-order valence-electron chi connectivity index (χ1n) is 16.0. The molecule has 0 radical (unpaired) electrons. The van der Waals surface area contributed by atoms with Gasteiger partial charge in [-0.05, 0) is 41.5 Å². The molecule has 0 aromatic heterocycles. The molecule has 0 N–H and O–H groups in total. The van der Waals surface area contributed by atoms with Gasteiger partial charge in [-0.2, -0.15) is 0 Å². The standard InChI is InChI=1S/C16H40BrN4P.C13H30N3.BrH/c1-9-18(10-2)22(17,19(11-3)12-4,20(13-5)14-6)21(15-7)16-8;1-7-14(8-2)13(15(9-3)10-4)16(11-5)12-6;/h9-16H2,1-8H3;7-12H2,1-6H3;1H/q;+1;/p-1. The molecule has 39 heavy (non-hydrogen) atoms. The van der Waals surface area contributed by atoms with Gasteiger partial charge in [-0.3, -0.25) is 14.4 Å². The molecule has 0 atom stereocenters. The quantitative estimate of drug-likeness (QED) is 0.0926. The number of rotatable bonds is 18. The summed E-state index contributed by atoms with van der Waals surface area (Å²) >= 11 is 4.47. The number of hydrogen-bond donors (Lipinski definition) is 0. The predicted molar refractivity (Wildman–Crippen MR) is 180 cm³/mol. The Morgan fingerprint density at radius 1 is 0.436 bits per heavy atom. The minimum absolute atomic E-state index is 0. The van der Waals surface area contributed by atoms with Crippen LogP contribution in [0.2, 0.25) is 0 Å². The zero-order valence-corrected chi connectivity index (χ0v) is 32.8. The monoisotopic (exact) mass is 705 g/mol. The number of nitrogens with zero attached hydrogens (tertiary/aromatic N) is 7. The minimum atomic E-state index is -2.68. The van der Waals surface area contributed by atoms with E-state index in [0.717, 1.165) is 91.6 Å². The smallest absolute Gasteiger partial charge is 1.00 e. The molecular formula is C29H70Br2N7P. The number of halogens is 2. The number of guanidine groups is 1. The Labute approximate surface area is 265 Å². The van der Waals surface area contributed by atoms with E-state index in [0.29, 0.717) is 0 Å². The normalized spacial score (nSPS) is 12.6. The topological polar surface area (TPSA) is 22.5 Å². The molecule has 0 fully saturated rings. The summed E-state index contributed by atoms with van der Waals surface area (Å²) in [5.74, 6) is -1.27. The van der Waals surface area contributed by atoms with E-state index in [1.54, 1.807) is 0 Å². The van der Waals surface area contributed by atoms with Gasteiger partial charge in [-0.25, -0.2) is 0 Å². The summed E-state index contributed by atoms with van der Waals surface area (Å²) in [6.45, 7) is 46.7. The van der Waals surface area contributed by atoms with Crippen LogP contribution in [0.25, 0.3) is 0 Å². The summed E-state index contributed by atoms with van der Waals surface area (Å²) in [5, 5.41) is 0. The van der Waals surface area contributed by atoms with Gasteiger partial charge in [-0.15, -0.1) is 0 Å². The summed E-state index contributed by atoms with van der Waals surface area (Å²) in [5.41, 5.74) is 0. The predicted octanol–water partition coefficient (Wildman–Crippen LogP) is 3.96. The van der Waals surface area contributed by atoms with Gasteiger partial charge in [0.15, 0.2) is 0 Å². The van der Waals surface area contributed by atoms with E-state index >= 15 is 0 Å². The summed E-state index contributed by atoms with van der Waals surface area (Å²) in [7, 11) is 0. The van der Waals surface area contributed by atoms with Crippen molar-refractivity contribution in [3.8, 4) is 0 Å². The van der Waals surface area contributed by atoms with Crippen molar-refractivity contribution in [2.24, 2.45) is 0 Å². The third-order valence-corrected chi connectivity index (χ3v) is 19.5. The van der Waals surface area contributed by atoms with Gasteiger partial charge < -0.3 is 17.0 Å². The van der Waals surface area contributed by atoms with Crippen molar-refractivity contribution in [2.45, 2.75) is 96.9 Å². The SMILES string of the molecule is CCN(CC)C(N(CC)CC)=[N+](CC)CC.CCN(CC)P(Br)(N(CC)CC)(N(CC)CC)N(CC)CC.[Br-]. The van der Waals surface area contributed by atoms with E-state index in [2.05, 4.69) is 145 Å². The van der Waals surface area contributed by atoms with Crippen LogP contribution in [0.5, 0.6) is 0 Å². The second-order valence-electron chi connectivity index (χ2n) is 9.21. The number of hydrogen-bond acceptors (Lipinski definition) is 4. The van der Waals surface area contributed by atoms with Crippen LogP contribution in [0.15, 0.2) is 0 Å². The van der Waals surface area contributed by atoms with Gasteiger partial charge in [0.05, 0.1) is 39.3 Å². The van der Waals surface area contributed by atoms with Crippen molar-refractivity contribution in [3.63, 3.8) is 0 Å². The van der Waals surface area contributed by atoms with E-state index in [1.165, 1.54) is 5.96 Å². The van der Waals surface area contributed by atoms with E-state index in [9.17, 15) is 0 Å². The first kappa shape index (κ1) is 43.9. The molecule has 7 nitrogen and oxygen atoms in total. The second kappa shape index (κ2) is 23.0. The van der Waals surface area contributed by atoms with Gasteiger partial charge in [0.1, 0.15) is 0 Å². The van der Waals surface area contributed by atoms with Gasteiger partial charge in [0.2, 0.25) is 0 Å². The summed E-state index contributed by atoms with van der Waals surface area (Å²) in [6, 6.07) is 0. The van der Waals surface area contributed by atoms with Crippen LogP contribution in [0, 0.1) is 0 Å². The third kappa shape index (κ3) is 9.76. The van der Waals surface area contributed by atoms with E-state index in [1.807, 2.05) is 0 Å². The van der Waals surface area contributed by atoms with Crippen LogP contribution in [0.1, 0.15) is 96.9 Å². The third-order valence-electron chi connectivity index (χ3n) is 8.00. The molecule has 240 valence electrons. The first-order chi connectivity index (χ1) is 18.1. The van der Waals surface area contributed by atoms with Crippen molar-refractivity contribution in [1.29, 1.82) is 0 Å². The van der Waals surface area contributed by atoms with E-state index in [-0.39, 0.29) is 17.0 Å². The molecule has 0 amide bonds. The average molecular weight is 708 g/mol. The molecule has 0 aliphatic rings. The van der Waals surface area contributed by atoms with Gasteiger partial charge in [0, 0.05) is 0 Å². The summed E-state index contributed by atoms with van der Waals surface area (Å²) in [4.78, 5) is 4.92. The van der Waals surface area contributed by atoms with Crippen LogP contribution in [0.3, 0.4) is 0 Å². The Hall–Kier alpha value is 0.500. The Balaban J connectivity index is -0.000000679. The van der Waals surface area contributed by atoms with Crippen LogP contribution in [-0.4, -0.2) is 131 Å². The van der Waals surface area contributed by atoms with E-state index < -0.39 is 5.91 Å². The maximum absolute atomic E-state index is 4.47. The van der Waals surface area contributed by atoms with Crippen molar-refractivity contribution < 1.29 is 21.6 Å². The Morgan fingerprint density at radius 3 is 0.769 bits per heavy atom. The maximum atomic E-state index is 4.47. The largest absolute Gasteiger partial charge is 1.00 e. The average Bonchev–Trinajstić information content (AvgIpc) is 2.93. The molecule has 0 saturated heterocycles. The molecule has 0 rings (SSSR count). The minimum Gasteiger partial charge on any atom is -1.00 e. The molecular weight excluding hydrogens is 637 g/mol. The van der Waals surface area contributed by atoms with Crippen molar-refractivity contribution >= 4 is 27.4 Å². The zero-order chi connectivity index (χ0) is 30.0. The van der Waals surface area contributed by atoms with Crippen molar-refractivity contribution in [3.05, 3.63) is 0 Å². The van der Waals surface area contributed by atoms with Crippen LogP contribution in [0.4, 0.5) is 0 Å². The molecule has 0 spiro atoms. The first-order valence-corrected chi connectivity index (χ1v) is 20.0. The van der Waals surface area contributed by atoms with Crippen LogP contribution < -0.4 is 17.0 Å². The van der Waals surface area contributed by atoms with E-state index in [4.69, 9.17) is 0 Å². The molecule has 0 aliphatic carbocycles. The Kier molecular flexibility index (Phi) is 25.9. The molecule has 0 aromatic rings. The second-order valence-corrected chi connectivity index (χ2v) is 17.0. The Bertz CT molecular complexity index is 535. The van der Waals surface area contributed by atoms with Crippen molar-refractivity contribution in [1.82, 2.24) is 28.5 Å². The fraction of sp³-hybridized carbons (Fsp3) is 0.966. The van der Waals surface area contributed by atoms with Gasteiger partial charge in [-0.1, -0.05) is 0 Å². The molecule has 0 aromatic carbocycles. The van der Waals surface area contributed by atoms with Gasteiger partial charge in [0.25, 0.3) is 0 Å². The summed E-state index contributed by atoms with van der Waals surface area (Å²) < 4.78 is 13.2. The Morgan fingerprint density at radius 2 is 0.641 bits per heavy atom. The van der Waals surface area contributed by atoms with Crippen molar-refractivity contribution in [2.75, 3.05) is 91.6 Å². The van der Waals surface area contributed by atoms with Crippen LogP contribution in [-0.2, 0) is 0 Å². The molecule has 0 unspecified atom stereocenters.